The van der Waals surface area contributed by atoms with E-state index in [1.807, 2.05) is 23.1 Å². The molecule has 1 saturated heterocycles. The number of nitrogens with one attached hydrogen (secondary N) is 1. The number of aliphatic hydroxyl groups excluding tert-OH is 5. The van der Waals surface area contributed by atoms with Crippen LogP contribution in [0.2, 0.25) is 10.0 Å². The lowest BCUT2D eigenvalue weighted by molar-refractivity contribution is -0.126. The number of aryl methyl sites for hydroxylation is 1. The molecule has 0 bridgehead atoms. The average molecular weight is 684 g/mol. The van der Waals surface area contributed by atoms with Gasteiger partial charge in [-0.15, -0.1) is 11.8 Å². The van der Waals surface area contributed by atoms with Crippen LogP contribution in [0.4, 0.5) is 11.4 Å². The summed E-state index contributed by atoms with van der Waals surface area (Å²) in [7, 11) is 0. The van der Waals surface area contributed by atoms with Crippen molar-refractivity contribution in [1.82, 2.24) is 10.2 Å². The van der Waals surface area contributed by atoms with Gasteiger partial charge in [0.25, 0.3) is 0 Å². The lowest BCUT2D eigenvalue weighted by Gasteiger charge is -2.39. The normalized spacial score (nSPS) is 21.3. The predicted molar refractivity (Wildman–Crippen MR) is 175 cm³/mol. The summed E-state index contributed by atoms with van der Waals surface area (Å²) in [6.07, 6.45) is -4.02. The summed E-state index contributed by atoms with van der Waals surface area (Å²) in [5.74, 6) is 1.04. The van der Waals surface area contributed by atoms with Gasteiger partial charge >= 0.3 is 0 Å². The first kappa shape index (κ1) is 34.2. The van der Waals surface area contributed by atoms with Gasteiger partial charge < -0.3 is 40.6 Å². The lowest BCUT2D eigenvalue weighted by atomic mass is 10.0. The van der Waals surface area contributed by atoms with Gasteiger partial charge in [-0.1, -0.05) is 35.3 Å². The molecule has 0 aromatic heterocycles. The van der Waals surface area contributed by atoms with Crippen molar-refractivity contribution in [1.29, 1.82) is 0 Å². The monoisotopic (exact) mass is 682 g/mol. The Bertz CT molecular complexity index is 1370. The summed E-state index contributed by atoms with van der Waals surface area (Å²) < 4.78 is 0. The number of hydrogen-bond donors (Lipinski definition) is 6. The lowest BCUT2D eigenvalue weighted by Crippen LogP contribution is -2.52. The molecule has 246 valence electrons. The highest BCUT2D eigenvalue weighted by Crippen LogP contribution is 2.41. The maximum Gasteiger partial charge on any atom is 0.245 e. The Morgan fingerprint density at radius 1 is 0.956 bits per heavy atom. The molecule has 1 saturated carbocycles. The second-order valence-electron chi connectivity index (χ2n) is 11.8. The second kappa shape index (κ2) is 15.2. The summed E-state index contributed by atoms with van der Waals surface area (Å²) in [5, 5.41) is 51.3. The van der Waals surface area contributed by atoms with Gasteiger partial charge in [-0.2, -0.15) is 0 Å². The molecular weight excluding hydrogens is 643 g/mol. The van der Waals surface area contributed by atoms with Gasteiger partial charge in [0.2, 0.25) is 11.8 Å². The van der Waals surface area contributed by atoms with Crippen LogP contribution in [0.25, 0.3) is 0 Å². The number of carbonyl (C=O) groups excluding carboxylic acids is 2. The number of halogens is 2. The van der Waals surface area contributed by atoms with Crippen LogP contribution in [0.15, 0.2) is 36.4 Å². The third-order valence-corrected chi connectivity index (χ3v) is 10.4. The van der Waals surface area contributed by atoms with Crippen LogP contribution in [-0.2, 0) is 22.6 Å². The number of benzene rings is 2. The van der Waals surface area contributed by atoms with E-state index < -0.39 is 36.9 Å². The predicted octanol–water partition coefficient (Wildman–Crippen LogP) is 1.37. The topological polar surface area (TPSA) is 157 Å². The number of amides is 2. The van der Waals surface area contributed by atoms with Crippen molar-refractivity contribution < 1.29 is 35.1 Å². The van der Waals surface area contributed by atoms with E-state index >= 15 is 0 Å². The molecule has 6 N–H and O–H groups in total. The SMILES string of the molecule is O=C(CCc1cc(Cl)c(CN2CSCC2C(=O)N2CCN(C3CC3)c3ccccc32)cc1Cl)NC[C@H](O)[C@@H](O)[C@H](O)[C@H](O)CO. The summed E-state index contributed by atoms with van der Waals surface area (Å²) in [6.45, 7) is 0.781. The van der Waals surface area contributed by atoms with Crippen LogP contribution in [0.3, 0.4) is 0 Å². The van der Waals surface area contributed by atoms with Crippen LogP contribution < -0.4 is 15.1 Å². The molecule has 11 nitrogen and oxygen atoms in total. The molecule has 3 aliphatic rings. The zero-order valence-corrected chi connectivity index (χ0v) is 27.1. The average Bonchev–Trinajstić information content (AvgIpc) is 3.79. The Labute approximate surface area is 276 Å². The van der Waals surface area contributed by atoms with Crippen molar-refractivity contribution in [2.24, 2.45) is 0 Å². The van der Waals surface area contributed by atoms with E-state index in [1.54, 1.807) is 23.9 Å². The molecule has 2 amide bonds. The fourth-order valence-electron chi connectivity index (χ4n) is 5.82. The molecule has 45 heavy (non-hydrogen) atoms. The highest BCUT2D eigenvalue weighted by Gasteiger charge is 2.40. The van der Waals surface area contributed by atoms with Crippen LogP contribution in [0.1, 0.15) is 30.4 Å². The standard InChI is InChI=1S/C31H40Cl2N4O7S/c32-21-12-19(22(33)11-18(21)5-8-28(41)34-13-26(39)29(42)30(43)27(40)15-38)14-35-17-45-16-25(35)31(44)37-10-9-36(20-6-7-20)23-3-1-2-4-24(23)37/h1-4,11-12,20,25-27,29-30,38-40,42-43H,5-10,13-17H2,(H,34,41)/t25?,26-,27+,29+,30+/m0/s1. The smallest absolute Gasteiger partial charge is 0.245 e. The van der Waals surface area contributed by atoms with E-state index in [9.17, 15) is 30.0 Å². The number of aliphatic hydroxyl groups is 5. The molecule has 0 spiro atoms. The van der Waals surface area contributed by atoms with E-state index in [-0.39, 0.29) is 31.3 Å². The van der Waals surface area contributed by atoms with Crippen molar-refractivity contribution in [3.63, 3.8) is 0 Å². The van der Waals surface area contributed by atoms with Crippen molar-refractivity contribution in [3.05, 3.63) is 57.6 Å². The van der Waals surface area contributed by atoms with E-state index in [4.69, 9.17) is 28.3 Å². The number of anilines is 2. The zero-order valence-electron chi connectivity index (χ0n) is 24.8. The van der Waals surface area contributed by atoms with Crippen molar-refractivity contribution in [2.75, 3.05) is 47.7 Å². The summed E-state index contributed by atoms with van der Waals surface area (Å²) in [6, 6.07) is 11.9. The van der Waals surface area contributed by atoms with E-state index in [0.29, 0.717) is 46.4 Å². The van der Waals surface area contributed by atoms with Gasteiger partial charge in [0.05, 0.1) is 30.1 Å². The van der Waals surface area contributed by atoms with E-state index in [1.165, 1.54) is 12.8 Å². The van der Waals surface area contributed by atoms with Gasteiger partial charge in [-0.05, 0) is 54.7 Å². The number of hydrogen-bond acceptors (Lipinski definition) is 10. The van der Waals surface area contributed by atoms with Gasteiger partial charge in [0.1, 0.15) is 18.3 Å². The highest BCUT2D eigenvalue weighted by atomic mass is 35.5. The Morgan fingerprint density at radius 2 is 1.62 bits per heavy atom. The van der Waals surface area contributed by atoms with Crippen LogP contribution >= 0.6 is 35.0 Å². The number of para-hydroxylation sites is 2. The van der Waals surface area contributed by atoms with Gasteiger partial charge in [0.15, 0.2) is 0 Å². The molecule has 2 aliphatic heterocycles. The number of fused-ring (bicyclic) bond motifs is 1. The molecular formula is C31H40Cl2N4O7S. The summed E-state index contributed by atoms with van der Waals surface area (Å²) in [4.78, 5) is 32.8. The van der Waals surface area contributed by atoms with Crippen molar-refractivity contribution in [3.8, 4) is 0 Å². The second-order valence-corrected chi connectivity index (χ2v) is 13.6. The minimum absolute atomic E-state index is 0.0227. The van der Waals surface area contributed by atoms with Crippen LogP contribution in [-0.4, -0.2) is 117 Å². The first-order chi connectivity index (χ1) is 21.6. The number of nitrogens with zero attached hydrogens (tertiary/aromatic N) is 3. The van der Waals surface area contributed by atoms with Gasteiger partial charge in [-0.25, -0.2) is 0 Å². The third-order valence-electron chi connectivity index (χ3n) is 8.60. The molecule has 14 heteroatoms. The van der Waals surface area contributed by atoms with E-state index in [2.05, 4.69) is 21.2 Å². The van der Waals surface area contributed by atoms with Crippen LogP contribution in [0.5, 0.6) is 0 Å². The third kappa shape index (κ3) is 8.06. The summed E-state index contributed by atoms with van der Waals surface area (Å²) >= 11 is 15.0. The van der Waals surface area contributed by atoms with E-state index in [0.717, 1.165) is 23.5 Å². The first-order valence-corrected chi connectivity index (χ1v) is 17.1. The number of rotatable bonds is 13. The van der Waals surface area contributed by atoms with Crippen LogP contribution in [0, 0.1) is 0 Å². The molecule has 1 aliphatic carbocycles. The summed E-state index contributed by atoms with van der Waals surface area (Å²) in [5.41, 5.74) is 3.54. The maximum absolute atomic E-state index is 13.9. The maximum atomic E-state index is 13.9. The molecule has 1 unspecified atom stereocenters. The Kier molecular flexibility index (Phi) is 11.5. The largest absolute Gasteiger partial charge is 0.394 e. The molecule has 2 heterocycles. The Balaban J connectivity index is 1.16. The van der Waals surface area contributed by atoms with Crippen molar-refractivity contribution >= 4 is 58.2 Å². The number of carbonyl (C=O) groups is 2. The van der Waals surface area contributed by atoms with Gasteiger partial charge in [-0.3, -0.25) is 14.5 Å². The van der Waals surface area contributed by atoms with Gasteiger partial charge in [0, 0.05) is 60.3 Å². The quantitative estimate of drug-likeness (QED) is 0.182. The Morgan fingerprint density at radius 3 is 2.33 bits per heavy atom. The molecule has 0 radical (unpaired) electrons. The minimum Gasteiger partial charge on any atom is -0.394 e. The first-order valence-electron chi connectivity index (χ1n) is 15.1. The molecule has 5 atom stereocenters. The molecule has 2 fully saturated rings. The number of thioether (sulfide) groups is 1. The fraction of sp³-hybridized carbons (Fsp3) is 0.548. The zero-order chi connectivity index (χ0) is 32.2. The highest BCUT2D eigenvalue weighted by molar-refractivity contribution is 7.99. The van der Waals surface area contributed by atoms with Crippen molar-refractivity contribution in [2.45, 2.75) is 68.7 Å². The fourth-order valence-corrected chi connectivity index (χ4v) is 7.53. The molecule has 2 aromatic carbocycles. The molecule has 5 rings (SSSR count). The minimum atomic E-state index is -1.77. The molecule has 2 aromatic rings. The Hall–Kier alpha value is -2.13.